The molecule has 1 rings (SSSR count). The van der Waals surface area contributed by atoms with Crippen LogP contribution in [0.3, 0.4) is 0 Å². The predicted octanol–water partition coefficient (Wildman–Crippen LogP) is 3.07. The first-order chi connectivity index (χ1) is 10.7. The largest absolute Gasteiger partial charge is 0.304 e. The number of hydrogen-bond acceptors (Lipinski definition) is 7. The van der Waals surface area contributed by atoms with Gasteiger partial charge in [-0.25, -0.2) is 0 Å². The van der Waals surface area contributed by atoms with Crippen LogP contribution in [0.5, 0.6) is 0 Å². The average molecular weight is 328 g/mol. The monoisotopic (exact) mass is 328 g/mol. The summed E-state index contributed by atoms with van der Waals surface area (Å²) in [4.78, 5) is 31.2. The molecule has 23 heavy (non-hydrogen) atoms. The summed E-state index contributed by atoms with van der Waals surface area (Å²) in [7, 11) is 0. The first-order valence-electron chi connectivity index (χ1n) is 6.99. The van der Waals surface area contributed by atoms with Crippen LogP contribution >= 0.6 is 0 Å². The first-order valence-corrected chi connectivity index (χ1v) is 6.99. The predicted molar refractivity (Wildman–Crippen MR) is 84.6 cm³/mol. The Kier molecular flexibility index (Phi) is 8.34. The standard InChI is InChI=1S/C7H5N3O6.C6H15N/c1-4-6(9(13)14)2-5(8(11)12)3-7(4)10(15)16;1-4-7(5-2)6-3/h2-3H,1H3;4-6H2,1-3H3. The molecule has 0 aromatic heterocycles. The minimum atomic E-state index is -0.917. The van der Waals surface area contributed by atoms with Crippen LogP contribution in [0.2, 0.25) is 0 Å². The van der Waals surface area contributed by atoms with Crippen molar-refractivity contribution in [3.05, 3.63) is 48.0 Å². The van der Waals surface area contributed by atoms with Crippen molar-refractivity contribution < 1.29 is 14.8 Å². The molecule has 0 heterocycles. The van der Waals surface area contributed by atoms with Gasteiger partial charge in [0.15, 0.2) is 0 Å². The summed E-state index contributed by atoms with van der Waals surface area (Å²) in [5, 5.41) is 31.5. The topological polar surface area (TPSA) is 133 Å². The maximum absolute atomic E-state index is 10.5. The zero-order valence-corrected chi connectivity index (χ0v) is 13.5. The van der Waals surface area contributed by atoms with Crippen LogP contribution in [0, 0.1) is 37.3 Å². The molecule has 0 fully saturated rings. The maximum Gasteiger partial charge on any atom is 0.286 e. The van der Waals surface area contributed by atoms with Crippen molar-refractivity contribution in [3.8, 4) is 0 Å². The molecule has 10 heteroatoms. The van der Waals surface area contributed by atoms with Gasteiger partial charge in [0.2, 0.25) is 0 Å². The quantitative estimate of drug-likeness (QED) is 0.578. The van der Waals surface area contributed by atoms with Gasteiger partial charge in [0, 0.05) is 0 Å². The molecule has 0 bridgehead atoms. The molecule has 0 unspecified atom stereocenters. The van der Waals surface area contributed by atoms with Gasteiger partial charge in [-0.05, 0) is 26.6 Å². The molecule has 0 aliphatic rings. The highest BCUT2D eigenvalue weighted by molar-refractivity contribution is 5.59. The van der Waals surface area contributed by atoms with E-state index in [1.165, 1.54) is 26.6 Å². The van der Waals surface area contributed by atoms with E-state index in [2.05, 4.69) is 25.7 Å². The third-order valence-electron chi connectivity index (χ3n) is 3.28. The van der Waals surface area contributed by atoms with Gasteiger partial charge >= 0.3 is 0 Å². The zero-order valence-electron chi connectivity index (χ0n) is 13.5. The Labute approximate surface area is 133 Å². The van der Waals surface area contributed by atoms with E-state index in [4.69, 9.17) is 0 Å². The van der Waals surface area contributed by atoms with Gasteiger partial charge in [0.05, 0.1) is 26.9 Å². The summed E-state index contributed by atoms with van der Waals surface area (Å²) in [5.74, 6) is 0. The van der Waals surface area contributed by atoms with Crippen LogP contribution < -0.4 is 0 Å². The number of rotatable bonds is 6. The number of hydrogen-bond donors (Lipinski definition) is 0. The molecule has 0 atom stereocenters. The van der Waals surface area contributed by atoms with Crippen molar-refractivity contribution >= 4 is 17.1 Å². The molecule has 1 aromatic carbocycles. The van der Waals surface area contributed by atoms with Gasteiger partial charge in [0.25, 0.3) is 17.1 Å². The lowest BCUT2D eigenvalue weighted by atomic mass is 10.1. The van der Waals surface area contributed by atoms with E-state index in [0.717, 1.165) is 0 Å². The number of nitrogens with zero attached hydrogens (tertiary/aromatic N) is 4. The van der Waals surface area contributed by atoms with Gasteiger partial charge in [0.1, 0.15) is 5.56 Å². The van der Waals surface area contributed by atoms with E-state index in [-0.39, 0.29) is 5.56 Å². The van der Waals surface area contributed by atoms with Gasteiger partial charge in [-0.1, -0.05) is 20.8 Å². The third-order valence-corrected chi connectivity index (χ3v) is 3.28. The molecule has 0 aliphatic carbocycles. The Hall–Kier alpha value is -2.62. The lowest BCUT2D eigenvalue weighted by molar-refractivity contribution is -0.403. The van der Waals surface area contributed by atoms with Crippen LogP contribution in [0.1, 0.15) is 26.3 Å². The van der Waals surface area contributed by atoms with Gasteiger partial charge in [-0.2, -0.15) is 0 Å². The zero-order chi connectivity index (χ0) is 18.2. The highest BCUT2D eigenvalue weighted by Gasteiger charge is 2.27. The molecular weight excluding hydrogens is 308 g/mol. The van der Waals surface area contributed by atoms with E-state index in [0.29, 0.717) is 12.1 Å². The van der Waals surface area contributed by atoms with Crippen molar-refractivity contribution in [2.75, 3.05) is 19.6 Å². The van der Waals surface area contributed by atoms with E-state index in [9.17, 15) is 30.3 Å². The first kappa shape index (κ1) is 20.4. The number of benzene rings is 1. The summed E-state index contributed by atoms with van der Waals surface area (Å²) < 4.78 is 0. The van der Waals surface area contributed by atoms with Crippen LogP contribution in [-0.4, -0.2) is 39.3 Å². The SMILES string of the molecule is CCN(CC)CC.Cc1c([N+](=O)[O-])cc([N+](=O)[O-])cc1[N+](=O)[O-]. The molecule has 0 aliphatic heterocycles. The lowest BCUT2D eigenvalue weighted by Gasteiger charge is -2.13. The Bertz CT molecular complexity index is 545. The molecule has 128 valence electrons. The molecule has 10 nitrogen and oxygen atoms in total. The molecular formula is C13H20N4O6. The lowest BCUT2D eigenvalue weighted by Crippen LogP contribution is -2.21. The van der Waals surface area contributed by atoms with Crippen LogP contribution in [0.4, 0.5) is 17.1 Å². The normalized spacial score (nSPS) is 9.96. The second-order valence-electron chi connectivity index (χ2n) is 4.50. The summed E-state index contributed by atoms with van der Waals surface area (Å²) in [6, 6.07) is 1.39. The minimum Gasteiger partial charge on any atom is -0.304 e. The number of nitro benzene ring substituents is 3. The third kappa shape index (κ3) is 5.94. The highest BCUT2D eigenvalue weighted by atomic mass is 16.6. The van der Waals surface area contributed by atoms with E-state index in [1.54, 1.807) is 0 Å². The molecule has 0 saturated carbocycles. The molecule has 0 N–H and O–H groups in total. The molecule has 0 radical (unpaired) electrons. The Morgan fingerprint density at radius 3 is 1.35 bits per heavy atom. The van der Waals surface area contributed by atoms with Crippen molar-refractivity contribution in [1.29, 1.82) is 0 Å². The van der Waals surface area contributed by atoms with Gasteiger partial charge in [-0.15, -0.1) is 0 Å². The summed E-state index contributed by atoms with van der Waals surface area (Å²) in [5.41, 5.74) is -2.16. The fourth-order valence-corrected chi connectivity index (χ4v) is 1.83. The smallest absolute Gasteiger partial charge is 0.286 e. The average Bonchev–Trinajstić information content (AvgIpc) is 2.49. The van der Waals surface area contributed by atoms with Crippen molar-refractivity contribution in [2.45, 2.75) is 27.7 Å². The fraction of sp³-hybridized carbons (Fsp3) is 0.538. The summed E-state index contributed by atoms with van der Waals surface area (Å²) in [6.07, 6.45) is 0. The van der Waals surface area contributed by atoms with Crippen LogP contribution in [-0.2, 0) is 0 Å². The van der Waals surface area contributed by atoms with Gasteiger partial charge in [-0.3, -0.25) is 30.3 Å². The second-order valence-corrected chi connectivity index (χ2v) is 4.50. The van der Waals surface area contributed by atoms with E-state index >= 15 is 0 Å². The Balaban J connectivity index is 0.000000585. The fourth-order valence-electron chi connectivity index (χ4n) is 1.83. The van der Waals surface area contributed by atoms with Crippen molar-refractivity contribution in [3.63, 3.8) is 0 Å². The van der Waals surface area contributed by atoms with Crippen LogP contribution in [0.15, 0.2) is 12.1 Å². The molecule has 0 saturated heterocycles. The Morgan fingerprint density at radius 2 is 1.17 bits per heavy atom. The second kappa shape index (κ2) is 9.41. The van der Waals surface area contributed by atoms with Gasteiger partial charge < -0.3 is 4.90 Å². The minimum absolute atomic E-state index is 0.208. The number of non-ortho nitro benzene ring substituents is 1. The summed E-state index contributed by atoms with van der Waals surface area (Å²) >= 11 is 0. The van der Waals surface area contributed by atoms with Crippen molar-refractivity contribution in [2.24, 2.45) is 0 Å². The van der Waals surface area contributed by atoms with E-state index in [1.807, 2.05) is 0 Å². The van der Waals surface area contributed by atoms with Crippen molar-refractivity contribution in [1.82, 2.24) is 4.90 Å². The van der Waals surface area contributed by atoms with Crippen LogP contribution in [0.25, 0.3) is 0 Å². The Morgan fingerprint density at radius 1 is 0.826 bits per heavy atom. The number of nitro groups is 3. The molecule has 0 spiro atoms. The molecule has 0 amide bonds. The molecule has 1 aromatic rings. The summed E-state index contributed by atoms with van der Waals surface area (Å²) in [6.45, 7) is 11.3. The maximum atomic E-state index is 10.5. The van der Waals surface area contributed by atoms with E-state index < -0.39 is 31.8 Å². The highest BCUT2D eigenvalue weighted by Crippen LogP contribution is 2.32.